The predicted molar refractivity (Wildman–Crippen MR) is 48.7 cm³/mol. The number of thiophene rings is 1. The maximum atomic E-state index is 12.6. The Kier molecular flexibility index (Phi) is 2.52. The predicted octanol–water partition coefficient (Wildman–Crippen LogP) is 3.20. The van der Waals surface area contributed by atoms with Crippen molar-refractivity contribution >= 4 is 17.1 Å². The monoisotopic (exact) mass is 204 g/mol. The van der Waals surface area contributed by atoms with Gasteiger partial charge in [-0.25, -0.2) is 0 Å². The van der Waals surface area contributed by atoms with E-state index < -0.39 is 11.7 Å². The molecular weight excluding hydrogens is 194 g/mol. The van der Waals surface area contributed by atoms with Crippen LogP contribution >= 0.6 is 11.3 Å². The maximum absolute atomic E-state index is 12.6. The van der Waals surface area contributed by atoms with E-state index in [9.17, 15) is 13.6 Å². The van der Waals surface area contributed by atoms with E-state index in [-0.39, 0.29) is 5.56 Å². The average Bonchev–Trinajstić information content (AvgIpc) is 2.26. The van der Waals surface area contributed by atoms with Gasteiger partial charge in [-0.1, -0.05) is 0 Å². The number of ketones is 1. The molecule has 0 radical (unpaired) electrons. The van der Waals surface area contributed by atoms with E-state index in [4.69, 9.17) is 0 Å². The zero-order valence-electron chi connectivity index (χ0n) is 7.65. The zero-order chi connectivity index (χ0) is 10.2. The molecule has 0 fully saturated rings. The summed E-state index contributed by atoms with van der Waals surface area (Å²) in [6.07, 6.45) is 0. The van der Waals surface area contributed by atoms with Crippen molar-refractivity contribution < 1.29 is 13.6 Å². The molecule has 0 N–H and O–H groups in total. The summed E-state index contributed by atoms with van der Waals surface area (Å²) in [5.74, 6) is -4.35. The number of halogens is 2. The van der Waals surface area contributed by atoms with Crippen molar-refractivity contribution in [3.63, 3.8) is 0 Å². The minimum absolute atomic E-state index is 0.148. The number of rotatable bonds is 2. The number of carbonyl (C=O) groups is 1. The van der Waals surface area contributed by atoms with Crippen molar-refractivity contribution in [2.24, 2.45) is 0 Å². The maximum Gasteiger partial charge on any atom is 0.307 e. The number of alkyl halides is 2. The lowest BCUT2D eigenvalue weighted by molar-refractivity contribution is 0.0221. The molecule has 0 bridgehead atoms. The fraction of sp³-hybridized carbons (Fsp3) is 0.444. The van der Waals surface area contributed by atoms with Crippen LogP contribution in [0.4, 0.5) is 8.78 Å². The molecule has 0 unspecified atom stereocenters. The van der Waals surface area contributed by atoms with Crippen LogP contribution in [0.3, 0.4) is 0 Å². The van der Waals surface area contributed by atoms with Gasteiger partial charge in [0.2, 0.25) is 5.78 Å². The molecule has 0 aliphatic rings. The summed E-state index contributed by atoms with van der Waals surface area (Å²) in [5, 5.41) is 0. The van der Waals surface area contributed by atoms with Crippen LogP contribution in [-0.2, 0) is 0 Å². The molecule has 1 heterocycles. The molecular formula is C9H10F2OS. The molecule has 72 valence electrons. The SMILES string of the molecule is Cc1cc(C(=O)C(C)(F)F)c(C)s1. The molecule has 13 heavy (non-hydrogen) atoms. The van der Waals surface area contributed by atoms with Crippen molar-refractivity contribution in [1.29, 1.82) is 0 Å². The number of hydrogen-bond donors (Lipinski definition) is 0. The van der Waals surface area contributed by atoms with Crippen molar-refractivity contribution in [2.45, 2.75) is 26.7 Å². The van der Waals surface area contributed by atoms with Gasteiger partial charge < -0.3 is 0 Å². The Morgan fingerprint density at radius 2 is 2.00 bits per heavy atom. The van der Waals surface area contributed by atoms with Crippen LogP contribution in [0.15, 0.2) is 6.07 Å². The third kappa shape index (κ3) is 2.12. The van der Waals surface area contributed by atoms with E-state index in [1.54, 1.807) is 13.8 Å². The third-order valence-electron chi connectivity index (χ3n) is 1.68. The number of aryl methyl sites for hydroxylation is 2. The first-order valence-electron chi connectivity index (χ1n) is 3.82. The minimum atomic E-state index is -3.27. The van der Waals surface area contributed by atoms with Gasteiger partial charge >= 0.3 is 5.92 Å². The first-order valence-corrected chi connectivity index (χ1v) is 4.63. The minimum Gasteiger partial charge on any atom is -0.287 e. The van der Waals surface area contributed by atoms with Gasteiger partial charge in [-0.3, -0.25) is 4.79 Å². The van der Waals surface area contributed by atoms with Crippen LogP contribution in [0, 0.1) is 13.8 Å². The van der Waals surface area contributed by atoms with Crippen molar-refractivity contribution in [2.75, 3.05) is 0 Å². The van der Waals surface area contributed by atoms with Gasteiger partial charge in [-0.15, -0.1) is 11.3 Å². The fourth-order valence-corrected chi connectivity index (χ4v) is 2.01. The lowest BCUT2D eigenvalue weighted by Crippen LogP contribution is -2.24. The van der Waals surface area contributed by atoms with Crippen LogP contribution in [0.5, 0.6) is 0 Å². The lowest BCUT2D eigenvalue weighted by atomic mass is 10.1. The van der Waals surface area contributed by atoms with Crippen LogP contribution in [0.2, 0.25) is 0 Å². The van der Waals surface area contributed by atoms with Crippen molar-refractivity contribution in [3.8, 4) is 0 Å². The molecule has 0 saturated heterocycles. The average molecular weight is 204 g/mol. The summed E-state index contributed by atoms with van der Waals surface area (Å²) in [6.45, 7) is 4.10. The van der Waals surface area contributed by atoms with E-state index >= 15 is 0 Å². The molecule has 4 heteroatoms. The van der Waals surface area contributed by atoms with E-state index in [2.05, 4.69) is 0 Å². The summed E-state index contributed by atoms with van der Waals surface area (Å²) in [5.41, 5.74) is 0.148. The number of hydrogen-bond acceptors (Lipinski definition) is 2. The molecule has 0 saturated carbocycles. The Morgan fingerprint density at radius 3 is 2.31 bits per heavy atom. The standard InChI is InChI=1S/C9H10F2OS/c1-5-4-7(6(2)13-5)8(12)9(3,10)11/h4H,1-3H3. The normalized spacial score (nSPS) is 11.8. The van der Waals surface area contributed by atoms with E-state index in [0.29, 0.717) is 11.8 Å². The molecule has 0 spiro atoms. The van der Waals surface area contributed by atoms with E-state index in [0.717, 1.165) is 4.88 Å². The third-order valence-corrected chi connectivity index (χ3v) is 2.65. The highest BCUT2D eigenvalue weighted by molar-refractivity contribution is 7.12. The van der Waals surface area contributed by atoms with Crippen molar-refractivity contribution in [1.82, 2.24) is 0 Å². The van der Waals surface area contributed by atoms with Gasteiger partial charge in [0.1, 0.15) is 0 Å². The van der Waals surface area contributed by atoms with Crippen LogP contribution in [0.25, 0.3) is 0 Å². The Bertz CT molecular complexity index is 336. The Morgan fingerprint density at radius 1 is 1.46 bits per heavy atom. The molecule has 0 amide bonds. The molecule has 0 aliphatic carbocycles. The molecule has 1 aromatic rings. The largest absolute Gasteiger partial charge is 0.307 e. The summed E-state index contributed by atoms with van der Waals surface area (Å²) >= 11 is 1.36. The van der Waals surface area contributed by atoms with Crippen LogP contribution < -0.4 is 0 Å². The molecule has 0 aliphatic heterocycles. The Labute approximate surface area is 79.4 Å². The van der Waals surface area contributed by atoms with Gasteiger partial charge in [0, 0.05) is 22.2 Å². The van der Waals surface area contributed by atoms with Crippen LogP contribution in [-0.4, -0.2) is 11.7 Å². The second kappa shape index (κ2) is 3.18. The summed E-state index contributed by atoms with van der Waals surface area (Å²) in [4.78, 5) is 12.7. The topological polar surface area (TPSA) is 17.1 Å². The molecule has 1 nitrogen and oxygen atoms in total. The molecule has 1 rings (SSSR count). The Hall–Kier alpha value is -0.770. The van der Waals surface area contributed by atoms with Gasteiger partial charge in [0.15, 0.2) is 0 Å². The van der Waals surface area contributed by atoms with Gasteiger partial charge in [0.25, 0.3) is 0 Å². The highest BCUT2D eigenvalue weighted by Crippen LogP contribution is 2.26. The highest BCUT2D eigenvalue weighted by Gasteiger charge is 2.34. The molecule has 1 aromatic heterocycles. The van der Waals surface area contributed by atoms with Crippen molar-refractivity contribution in [3.05, 3.63) is 21.4 Å². The summed E-state index contributed by atoms with van der Waals surface area (Å²) < 4.78 is 25.3. The summed E-state index contributed by atoms with van der Waals surface area (Å²) in [6, 6.07) is 1.51. The van der Waals surface area contributed by atoms with E-state index in [1.165, 1.54) is 17.4 Å². The number of carbonyl (C=O) groups excluding carboxylic acids is 1. The smallest absolute Gasteiger partial charge is 0.287 e. The van der Waals surface area contributed by atoms with E-state index in [1.807, 2.05) is 0 Å². The zero-order valence-corrected chi connectivity index (χ0v) is 8.47. The first-order chi connectivity index (χ1) is 5.82. The highest BCUT2D eigenvalue weighted by atomic mass is 32.1. The van der Waals surface area contributed by atoms with Crippen LogP contribution in [0.1, 0.15) is 27.0 Å². The quantitative estimate of drug-likeness (QED) is 0.676. The van der Waals surface area contributed by atoms with Gasteiger partial charge in [-0.05, 0) is 19.9 Å². The second-order valence-corrected chi connectivity index (χ2v) is 4.50. The fourth-order valence-electron chi connectivity index (χ4n) is 1.09. The van der Waals surface area contributed by atoms with Gasteiger partial charge in [-0.2, -0.15) is 8.78 Å². The Balaban J connectivity index is 3.09. The summed E-state index contributed by atoms with van der Waals surface area (Å²) in [7, 11) is 0. The number of Topliss-reactive ketones (excluding diaryl/α,β-unsaturated/α-hetero) is 1. The molecule has 0 atom stereocenters. The van der Waals surface area contributed by atoms with Gasteiger partial charge in [0.05, 0.1) is 0 Å². The first kappa shape index (κ1) is 10.3. The second-order valence-electron chi connectivity index (χ2n) is 3.04. The lowest BCUT2D eigenvalue weighted by Gasteiger charge is -2.07. The molecule has 0 aromatic carbocycles.